The summed E-state index contributed by atoms with van der Waals surface area (Å²) in [5.74, 6) is -2.97. The van der Waals surface area contributed by atoms with Gasteiger partial charge in [0.05, 0.1) is 5.41 Å². The van der Waals surface area contributed by atoms with Crippen molar-refractivity contribution in [1.29, 1.82) is 0 Å². The molecule has 1 unspecified atom stereocenters. The molecule has 1 aromatic carbocycles. The van der Waals surface area contributed by atoms with E-state index in [4.69, 9.17) is 0 Å². The Morgan fingerprint density at radius 1 is 1.38 bits per heavy atom. The molecule has 7 heteroatoms. The van der Waals surface area contributed by atoms with Crippen LogP contribution in [0.5, 0.6) is 0 Å². The van der Waals surface area contributed by atoms with E-state index in [2.05, 4.69) is 5.32 Å². The Morgan fingerprint density at radius 3 is 2.62 bits per heavy atom. The number of anilines is 1. The number of amides is 2. The normalized spacial score (nSPS) is 21.4. The van der Waals surface area contributed by atoms with E-state index in [1.807, 2.05) is 0 Å². The SMILES string of the molecule is CCC1(C(=O)O)CCN(C(=O)Nc2ccc(F)c(F)c2)C1. The molecule has 21 heavy (non-hydrogen) atoms. The summed E-state index contributed by atoms with van der Waals surface area (Å²) in [5, 5.41) is 11.7. The van der Waals surface area contributed by atoms with Crippen LogP contribution >= 0.6 is 0 Å². The predicted molar refractivity (Wildman–Crippen MR) is 71.9 cm³/mol. The molecule has 1 heterocycles. The lowest BCUT2D eigenvalue weighted by molar-refractivity contribution is -0.148. The van der Waals surface area contributed by atoms with Crippen LogP contribution < -0.4 is 5.32 Å². The number of likely N-dealkylation sites (tertiary alicyclic amines) is 1. The Hall–Kier alpha value is -2.18. The second-order valence-electron chi connectivity index (χ2n) is 5.17. The van der Waals surface area contributed by atoms with E-state index >= 15 is 0 Å². The third kappa shape index (κ3) is 2.96. The van der Waals surface area contributed by atoms with Gasteiger partial charge in [0.15, 0.2) is 11.6 Å². The van der Waals surface area contributed by atoms with Crippen LogP contribution in [-0.4, -0.2) is 35.1 Å². The third-order valence-corrected chi connectivity index (χ3v) is 3.94. The number of carbonyl (C=O) groups excluding carboxylic acids is 1. The maximum absolute atomic E-state index is 13.1. The molecular formula is C14H16F2N2O3. The topological polar surface area (TPSA) is 69.6 Å². The highest BCUT2D eigenvalue weighted by molar-refractivity contribution is 5.90. The number of rotatable bonds is 3. The number of carbonyl (C=O) groups is 2. The van der Waals surface area contributed by atoms with Gasteiger partial charge in [-0.3, -0.25) is 4.79 Å². The molecular weight excluding hydrogens is 282 g/mol. The predicted octanol–water partition coefficient (Wildman–Crippen LogP) is 2.68. The van der Waals surface area contributed by atoms with Crippen molar-refractivity contribution in [2.75, 3.05) is 18.4 Å². The summed E-state index contributed by atoms with van der Waals surface area (Å²) in [6, 6.07) is 2.53. The van der Waals surface area contributed by atoms with Crippen molar-refractivity contribution in [2.24, 2.45) is 5.41 Å². The van der Waals surface area contributed by atoms with E-state index in [0.29, 0.717) is 19.4 Å². The summed E-state index contributed by atoms with van der Waals surface area (Å²) in [5.41, 5.74) is -0.797. The van der Waals surface area contributed by atoms with Crippen LogP contribution in [0.25, 0.3) is 0 Å². The number of carboxylic acids is 1. The summed E-state index contributed by atoms with van der Waals surface area (Å²) in [6.45, 7) is 2.19. The minimum Gasteiger partial charge on any atom is -0.481 e. The van der Waals surface area contributed by atoms with Gasteiger partial charge in [0.25, 0.3) is 0 Å². The Bertz CT molecular complexity index is 579. The second-order valence-corrected chi connectivity index (χ2v) is 5.17. The minimum absolute atomic E-state index is 0.105. The van der Waals surface area contributed by atoms with Crippen molar-refractivity contribution >= 4 is 17.7 Å². The quantitative estimate of drug-likeness (QED) is 0.901. The highest BCUT2D eigenvalue weighted by Gasteiger charge is 2.44. The van der Waals surface area contributed by atoms with E-state index in [1.165, 1.54) is 11.0 Å². The van der Waals surface area contributed by atoms with Gasteiger partial charge in [-0.1, -0.05) is 6.92 Å². The monoisotopic (exact) mass is 298 g/mol. The lowest BCUT2D eigenvalue weighted by Crippen LogP contribution is -2.38. The Morgan fingerprint density at radius 2 is 2.10 bits per heavy atom. The number of nitrogens with one attached hydrogen (secondary N) is 1. The third-order valence-electron chi connectivity index (χ3n) is 3.94. The van der Waals surface area contributed by atoms with Crippen LogP contribution in [0.15, 0.2) is 18.2 Å². The summed E-state index contributed by atoms with van der Waals surface area (Å²) in [6.07, 6.45) is 0.807. The van der Waals surface area contributed by atoms with Gasteiger partial charge >= 0.3 is 12.0 Å². The van der Waals surface area contributed by atoms with Crippen LogP contribution in [0.3, 0.4) is 0 Å². The molecule has 0 aliphatic carbocycles. The first-order valence-electron chi connectivity index (χ1n) is 6.62. The molecule has 0 bridgehead atoms. The first-order chi connectivity index (χ1) is 9.88. The standard InChI is InChI=1S/C14H16F2N2O3/c1-2-14(12(19)20)5-6-18(8-14)13(21)17-9-3-4-10(15)11(16)7-9/h3-4,7H,2,5-6,8H2,1H3,(H,17,21)(H,19,20). The van der Waals surface area contributed by atoms with Crippen molar-refractivity contribution in [2.45, 2.75) is 19.8 Å². The fourth-order valence-corrected chi connectivity index (χ4v) is 2.44. The molecule has 0 saturated carbocycles. The van der Waals surface area contributed by atoms with Crippen molar-refractivity contribution in [3.8, 4) is 0 Å². The van der Waals surface area contributed by atoms with Gasteiger partial charge in [-0.25, -0.2) is 13.6 Å². The minimum atomic E-state index is -1.05. The average Bonchev–Trinajstić information content (AvgIpc) is 2.89. The van der Waals surface area contributed by atoms with Gasteiger partial charge in [0.1, 0.15) is 0 Å². The van der Waals surface area contributed by atoms with E-state index in [9.17, 15) is 23.5 Å². The summed E-state index contributed by atoms with van der Waals surface area (Å²) in [7, 11) is 0. The maximum Gasteiger partial charge on any atom is 0.321 e. The van der Waals surface area contributed by atoms with E-state index < -0.39 is 29.0 Å². The molecule has 0 spiro atoms. The maximum atomic E-state index is 13.1. The van der Waals surface area contributed by atoms with Crippen molar-refractivity contribution in [3.05, 3.63) is 29.8 Å². The van der Waals surface area contributed by atoms with Crippen molar-refractivity contribution < 1.29 is 23.5 Å². The van der Waals surface area contributed by atoms with Gasteiger partial charge in [-0.15, -0.1) is 0 Å². The second kappa shape index (κ2) is 5.67. The average molecular weight is 298 g/mol. The number of hydrogen-bond acceptors (Lipinski definition) is 2. The summed E-state index contributed by atoms with van der Waals surface area (Å²) in [4.78, 5) is 24.7. The van der Waals surface area contributed by atoms with Crippen molar-refractivity contribution in [1.82, 2.24) is 4.90 Å². The molecule has 0 radical (unpaired) electrons. The summed E-state index contributed by atoms with van der Waals surface area (Å²) < 4.78 is 25.9. The Balaban J connectivity index is 2.05. The molecule has 2 rings (SSSR count). The van der Waals surface area contributed by atoms with Crippen LogP contribution in [-0.2, 0) is 4.79 Å². The molecule has 5 nitrogen and oxygen atoms in total. The Kier molecular flexibility index (Phi) is 4.11. The molecule has 1 fully saturated rings. The molecule has 2 N–H and O–H groups in total. The number of aliphatic carboxylic acids is 1. The van der Waals surface area contributed by atoms with Crippen LogP contribution in [0.1, 0.15) is 19.8 Å². The van der Waals surface area contributed by atoms with Gasteiger partial charge in [-0.2, -0.15) is 0 Å². The first kappa shape index (κ1) is 15.2. The Labute approximate surface area is 120 Å². The lowest BCUT2D eigenvalue weighted by Gasteiger charge is -2.23. The molecule has 1 atom stereocenters. The van der Waals surface area contributed by atoms with E-state index in [1.54, 1.807) is 6.92 Å². The molecule has 1 aliphatic heterocycles. The molecule has 1 aromatic rings. The number of halogens is 2. The number of urea groups is 1. The van der Waals surface area contributed by atoms with Gasteiger partial charge < -0.3 is 15.3 Å². The smallest absolute Gasteiger partial charge is 0.321 e. The first-order valence-corrected chi connectivity index (χ1v) is 6.62. The lowest BCUT2D eigenvalue weighted by atomic mass is 9.84. The molecule has 2 amide bonds. The zero-order valence-electron chi connectivity index (χ0n) is 11.5. The molecule has 1 saturated heterocycles. The van der Waals surface area contributed by atoms with Crippen LogP contribution in [0.4, 0.5) is 19.3 Å². The summed E-state index contributed by atoms with van der Waals surface area (Å²) >= 11 is 0. The molecule has 1 aliphatic rings. The number of carboxylic acid groups (broad SMARTS) is 1. The van der Waals surface area contributed by atoms with E-state index in [0.717, 1.165) is 12.1 Å². The van der Waals surface area contributed by atoms with Gasteiger partial charge in [0.2, 0.25) is 0 Å². The zero-order valence-corrected chi connectivity index (χ0v) is 11.5. The molecule has 114 valence electrons. The highest BCUT2D eigenvalue weighted by atomic mass is 19.2. The largest absolute Gasteiger partial charge is 0.481 e. The zero-order chi connectivity index (χ0) is 15.6. The van der Waals surface area contributed by atoms with Gasteiger partial charge in [0, 0.05) is 24.8 Å². The van der Waals surface area contributed by atoms with E-state index in [-0.39, 0.29) is 12.2 Å². The molecule has 0 aromatic heterocycles. The number of benzene rings is 1. The van der Waals surface area contributed by atoms with Crippen LogP contribution in [0, 0.1) is 17.0 Å². The fraction of sp³-hybridized carbons (Fsp3) is 0.429. The number of hydrogen-bond donors (Lipinski definition) is 2. The van der Waals surface area contributed by atoms with Crippen molar-refractivity contribution in [3.63, 3.8) is 0 Å². The van der Waals surface area contributed by atoms with Gasteiger partial charge in [-0.05, 0) is 25.0 Å². The number of nitrogens with zero attached hydrogens (tertiary/aromatic N) is 1. The fourth-order valence-electron chi connectivity index (χ4n) is 2.44. The highest BCUT2D eigenvalue weighted by Crippen LogP contribution is 2.34. The van der Waals surface area contributed by atoms with Crippen LogP contribution in [0.2, 0.25) is 0 Å².